The predicted molar refractivity (Wildman–Crippen MR) is 85.6 cm³/mol. The van der Waals surface area contributed by atoms with E-state index < -0.39 is 0 Å². The molecule has 0 saturated heterocycles. The third-order valence-electron chi connectivity index (χ3n) is 2.79. The van der Waals surface area contributed by atoms with E-state index in [-0.39, 0.29) is 18.9 Å². The molecule has 0 fully saturated rings. The van der Waals surface area contributed by atoms with Crippen LogP contribution in [0.5, 0.6) is 0 Å². The molecule has 0 heterocycles. The number of unbranched alkanes of at least 4 members (excludes halogenated alkanes) is 2. The first-order valence-corrected chi connectivity index (χ1v) is 7.77. The van der Waals surface area contributed by atoms with Gasteiger partial charge < -0.3 is 20.4 Å². The monoisotopic (exact) mass is 303 g/mol. The summed E-state index contributed by atoms with van der Waals surface area (Å²) in [5.74, 6) is -0.289. The second-order valence-corrected chi connectivity index (χ2v) is 4.72. The smallest absolute Gasteiger partial charge is 0.335 e. The molecule has 0 unspecified atom stereocenters. The maximum atomic E-state index is 11.9. The first-order chi connectivity index (χ1) is 9.76. The number of hydrogen-bond donors (Lipinski definition) is 1. The van der Waals surface area contributed by atoms with Crippen LogP contribution in [-0.4, -0.2) is 32.6 Å². The van der Waals surface area contributed by atoms with Crippen molar-refractivity contribution < 1.29 is 19.0 Å². The topological polar surface area (TPSA) is 79.8 Å². The number of esters is 1. The van der Waals surface area contributed by atoms with Crippen molar-refractivity contribution in [2.45, 2.75) is 59.3 Å². The Bertz CT molecular complexity index is 267. The van der Waals surface area contributed by atoms with Gasteiger partial charge in [0.2, 0.25) is 0 Å². The lowest BCUT2D eigenvalue weighted by Crippen LogP contribution is -2.12. The summed E-state index contributed by atoms with van der Waals surface area (Å²) in [5.41, 5.74) is 0.683. The van der Waals surface area contributed by atoms with Gasteiger partial charge in [-0.1, -0.05) is 40.0 Å². The SMILES string of the molecule is CCCCOCC=C(CCC)C(=O)OCOCCCC.N. The Hall–Kier alpha value is -0.910. The molecule has 21 heavy (non-hydrogen) atoms. The molecule has 126 valence electrons. The van der Waals surface area contributed by atoms with E-state index >= 15 is 0 Å². The van der Waals surface area contributed by atoms with Crippen molar-refractivity contribution in [1.29, 1.82) is 0 Å². The summed E-state index contributed by atoms with van der Waals surface area (Å²) in [7, 11) is 0. The molecule has 0 aliphatic carbocycles. The average Bonchev–Trinajstić information content (AvgIpc) is 2.45. The molecular weight excluding hydrogens is 270 g/mol. The molecule has 0 bridgehead atoms. The summed E-state index contributed by atoms with van der Waals surface area (Å²) < 4.78 is 15.8. The van der Waals surface area contributed by atoms with Crippen LogP contribution in [0, 0.1) is 0 Å². The molecular formula is C16H33NO4. The van der Waals surface area contributed by atoms with Crippen LogP contribution in [0.25, 0.3) is 0 Å². The van der Waals surface area contributed by atoms with Gasteiger partial charge in [0, 0.05) is 12.2 Å². The van der Waals surface area contributed by atoms with Gasteiger partial charge in [-0.2, -0.15) is 0 Å². The van der Waals surface area contributed by atoms with Gasteiger partial charge in [0.15, 0.2) is 6.79 Å². The van der Waals surface area contributed by atoms with Crippen LogP contribution in [0.15, 0.2) is 11.6 Å². The number of carbonyl (C=O) groups is 1. The predicted octanol–water partition coefficient (Wildman–Crippen LogP) is 4.01. The molecule has 0 rings (SSSR count). The third-order valence-corrected chi connectivity index (χ3v) is 2.79. The van der Waals surface area contributed by atoms with Crippen LogP contribution in [0.1, 0.15) is 59.3 Å². The minimum atomic E-state index is -0.289. The minimum Gasteiger partial charge on any atom is -0.435 e. The second-order valence-electron chi connectivity index (χ2n) is 4.72. The van der Waals surface area contributed by atoms with E-state index in [9.17, 15) is 4.79 Å². The Labute approximate surface area is 129 Å². The van der Waals surface area contributed by atoms with Crippen LogP contribution >= 0.6 is 0 Å². The standard InChI is InChI=1S/C16H30O4.H3N/c1-4-7-11-18-13-10-15(9-6-3)16(17)20-14-19-12-8-5-2;/h10H,4-9,11-14H2,1-3H3;1H3. The van der Waals surface area contributed by atoms with E-state index in [0.29, 0.717) is 25.2 Å². The maximum absolute atomic E-state index is 11.9. The van der Waals surface area contributed by atoms with Gasteiger partial charge in [-0.25, -0.2) is 4.79 Å². The summed E-state index contributed by atoms with van der Waals surface area (Å²) in [6, 6.07) is 0. The van der Waals surface area contributed by atoms with E-state index in [0.717, 1.165) is 38.7 Å². The molecule has 0 amide bonds. The normalized spacial score (nSPS) is 11.1. The van der Waals surface area contributed by atoms with Crippen LogP contribution in [0.2, 0.25) is 0 Å². The molecule has 0 saturated carbocycles. The molecule has 0 aromatic heterocycles. The zero-order chi connectivity index (χ0) is 15.1. The average molecular weight is 303 g/mol. The van der Waals surface area contributed by atoms with Gasteiger partial charge in [0.05, 0.1) is 13.2 Å². The Balaban J connectivity index is 0. The van der Waals surface area contributed by atoms with Crippen molar-refractivity contribution in [2.75, 3.05) is 26.6 Å². The first kappa shape index (κ1) is 22.4. The molecule has 0 aromatic rings. The zero-order valence-corrected chi connectivity index (χ0v) is 14.0. The van der Waals surface area contributed by atoms with Gasteiger partial charge in [-0.3, -0.25) is 0 Å². The lowest BCUT2D eigenvalue weighted by Gasteiger charge is -2.08. The van der Waals surface area contributed by atoms with Crippen molar-refractivity contribution in [3.8, 4) is 0 Å². The summed E-state index contributed by atoms with van der Waals surface area (Å²) in [4.78, 5) is 11.9. The van der Waals surface area contributed by atoms with Crippen molar-refractivity contribution in [1.82, 2.24) is 6.15 Å². The highest BCUT2D eigenvalue weighted by atomic mass is 16.7. The number of hydrogen-bond acceptors (Lipinski definition) is 5. The fourth-order valence-corrected chi connectivity index (χ4v) is 1.54. The van der Waals surface area contributed by atoms with Crippen molar-refractivity contribution >= 4 is 5.97 Å². The molecule has 5 nitrogen and oxygen atoms in total. The largest absolute Gasteiger partial charge is 0.435 e. The number of carbonyl (C=O) groups excluding carboxylic acids is 1. The van der Waals surface area contributed by atoms with E-state index in [2.05, 4.69) is 13.8 Å². The number of rotatable bonds is 13. The first-order valence-electron chi connectivity index (χ1n) is 7.77. The number of ether oxygens (including phenoxy) is 3. The van der Waals surface area contributed by atoms with Gasteiger partial charge in [0.1, 0.15) is 0 Å². The van der Waals surface area contributed by atoms with E-state index in [1.54, 1.807) is 0 Å². The Morgan fingerprint density at radius 2 is 1.57 bits per heavy atom. The molecule has 0 atom stereocenters. The minimum absolute atomic E-state index is 0. The van der Waals surface area contributed by atoms with Crippen LogP contribution in [0.4, 0.5) is 0 Å². The van der Waals surface area contributed by atoms with Crippen LogP contribution in [-0.2, 0) is 19.0 Å². The summed E-state index contributed by atoms with van der Waals surface area (Å²) in [6.45, 7) is 8.14. The highest BCUT2D eigenvalue weighted by Crippen LogP contribution is 2.07. The highest BCUT2D eigenvalue weighted by molar-refractivity contribution is 5.88. The van der Waals surface area contributed by atoms with Gasteiger partial charge in [0.25, 0.3) is 0 Å². The molecule has 0 aliphatic heterocycles. The summed E-state index contributed by atoms with van der Waals surface area (Å²) in [5, 5.41) is 0. The van der Waals surface area contributed by atoms with Crippen LogP contribution < -0.4 is 6.15 Å². The summed E-state index contributed by atoms with van der Waals surface area (Å²) in [6.07, 6.45) is 7.67. The fraction of sp³-hybridized carbons (Fsp3) is 0.812. The van der Waals surface area contributed by atoms with E-state index in [4.69, 9.17) is 14.2 Å². The molecule has 5 heteroatoms. The molecule has 0 aliphatic rings. The lowest BCUT2D eigenvalue weighted by molar-refractivity contribution is -0.151. The second kappa shape index (κ2) is 17.1. The molecule has 0 spiro atoms. The van der Waals surface area contributed by atoms with Gasteiger partial charge in [-0.05, 0) is 25.3 Å². The van der Waals surface area contributed by atoms with E-state index in [1.165, 1.54) is 0 Å². The van der Waals surface area contributed by atoms with Crippen molar-refractivity contribution in [2.24, 2.45) is 0 Å². The van der Waals surface area contributed by atoms with Gasteiger partial charge >= 0.3 is 5.97 Å². The zero-order valence-electron chi connectivity index (χ0n) is 14.0. The quantitative estimate of drug-likeness (QED) is 0.241. The van der Waals surface area contributed by atoms with Crippen molar-refractivity contribution in [3.63, 3.8) is 0 Å². The fourth-order valence-electron chi connectivity index (χ4n) is 1.54. The third kappa shape index (κ3) is 13.8. The summed E-state index contributed by atoms with van der Waals surface area (Å²) >= 11 is 0. The lowest BCUT2D eigenvalue weighted by atomic mass is 10.1. The Kier molecular flexibility index (Phi) is 18.3. The molecule has 3 N–H and O–H groups in total. The molecule has 0 aromatic carbocycles. The molecule has 0 radical (unpaired) electrons. The van der Waals surface area contributed by atoms with Gasteiger partial charge in [-0.15, -0.1) is 0 Å². The Morgan fingerprint density at radius 3 is 2.14 bits per heavy atom. The van der Waals surface area contributed by atoms with Crippen LogP contribution in [0.3, 0.4) is 0 Å². The van der Waals surface area contributed by atoms with Crippen molar-refractivity contribution in [3.05, 3.63) is 11.6 Å². The highest BCUT2D eigenvalue weighted by Gasteiger charge is 2.09. The maximum Gasteiger partial charge on any atom is 0.335 e. The Morgan fingerprint density at radius 1 is 0.952 bits per heavy atom. The van der Waals surface area contributed by atoms with E-state index in [1.807, 2.05) is 13.0 Å².